The first kappa shape index (κ1) is 9.72. The maximum absolute atomic E-state index is 5.55. The molecule has 1 nitrogen and oxygen atoms in total. The molecule has 0 spiro atoms. The fourth-order valence-electron chi connectivity index (χ4n) is 2.51. The molecular formula is C13H19N. The lowest BCUT2D eigenvalue weighted by Crippen LogP contribution is -2.24. The van der Waals surface area contributed by atoms with E-state index in [4.69, 9.17) is 5.73 Å². The van der Waals surface area contributed by atoms with E-state index in [-0.39, 0.29) is 0 Å². The lowest BCUT2D eigenvalue weighted by Gasteiger charge is -2.36. The smallest absolute Gasteiger partial charge is 0.00746 e. The normalized spacial score (nSPS) is 25.9. The van der Waals surface area contributed by atoms with Gasteiger partial charge in [-0.25, -0.2) is 0 Å². The van der Waals surface area contributed by atoms with Gasteiger partial charge >= 0.3 is 0 Å². The van der Waals surface area contributed by atoms with Crippen LogP contribution in [0.15, 0.2) is 24.3 Å². The summed E-state index contributed by atoms with van der Waals surface area (Å²) in [4.78, 5) is 0. The Hall–Kier alpha value is -0.820. The van der Waals surface area contributed by atoms with Gasteiger partial charge in [0, 0.05) is 0 Å². The van der Waals surface area contributed by atoms with Gasteiger partial charge in [-0.3, -0.25) is 0 Å². The molecule has 1 heteroatoms. The van der Waals surface area contributed by atoms with Crippen molar-refractivity contribution in [1.29, 1.82) is 0 Å². The summed E-state index contributed by atoms with van der Waals surface area (Å²) in [6, 6.07) is 8.76. The topological polar surface area (TPSA) is 26.0 Å². The zero-order valence-electron chi connectivity index (χ0n) is 8.87. The van der Waals surface area contributed by atoms with Crippen molar-refractivity contribution in [2.75, 3.05) is 6.54 Å². The third-order valence-corrected chi connectivity index (χ3v) is 3.44. The van der Waals surface area contributed by atoms with Gasteiger partial charge in [0.2, 0.25) is 0 Å². The summed E-state index contributed by atoms with van der Waals surface area (Å²) in [7, 11) is 0. The molecule has 0 aromatic heterocycles. The molecule has 76 valence electrons. The highest BCUT2D eigenvalue weighted by Crippen LogP contribution is 2.43. The Morgan fingerprint density at radius 2 is 2.00 bits per heavy atom. The first-order valence-corrected chi connectivity index (χ1v) is 5.57. The molecule has 2 N–H and O–H groups in total. The number of hydrogen-bond acceptors (Lipinski definition) is 1. The molecule has 0 saturated heterocycles. The lowest BCUT2D eigenvalue weighted by molar-refractivity contribution is 0.251. The molecule has 1 aliphatic carbocycles. The van der Waals surface area contributed by atoms with Gasteiger partial charge in [-0.15, -0.1) is 0 Å². The molecule has 1 aromatic carbocycles. The van der Waals surface area contributed by atoms with Gasteiger partial charge in [0.1, 0.15) is 0 Å². The first-order valence-electron chi connectivity index (χ1n) is 5.57. The van der Waals surface area contributed by atoms with Gasteiger partial charge in [0.15, 0.2) is 0 Å². The van der Waals surface area contributed by atoms with Crippen molar-refractivity contribution in [3.63, 3.8) is 0 Å². The predicted molar refractivity (Wildman–Crippen MR) is 60.3 cm³/mol. The van der Waals surface area contributed by atoms with Crippen LogP contribution < -0.4 is 5.73 Å². The van der Waals surface area contributed by atoms with Crippen LogP contribution in [0.5, 0.6) is 0 Å². The molecule has 1 aliphatic rings. The summed E-state index contributed by atoms with van der Waals surface area (Å²) >= 11 is 0. The van der Waals surface area contributed by atoms with Crippen molar-refractivity contribution in [3.05, 3.63) is 35.4 Å². The Bertz CT molecular complexity index is 300. The Morgan fingerprint density at radius 1 is 1.29 bits per heavy atom. The number of hydrogen-bond donors (Lipinski definition) is 1. The van der Waals surface area contributed by atoms with Gasteiger partial charge < -0.3 is 5.73 Å². The van der Waals surface area contributed by atoms with E-state index in [1.807, 2.05) is 0 Å². The van der Waals surface area contributed by atoms with E-state index >= 15 is 0 Å². The van der Waals surface area contributed by atoms with Crippen LogP contribution in [0.3, 0.4) is 0 Å². The molecule has 0 radical (unpaired) electrons. The van der Waals surface area contributed by atoms with E-state index in [1.54, 1.807) is 5.56 Å². The number of benzene rings is 1. The van der Waals surface area contributed by atoms with Crippen LogP contribution >= 0.6 is 0 Å². The molecule has 0 aliphatic heterocycles. The van der Waals surface area contributed by atoms with Gasteiger partial charge in [0.25, 0.3) is 0 Å². The van der Waals surface area contributed by atoms with Gasteiger partial charge in [-0.1, -0.05) is 24.3 Å². The van der Waals surface area contributed by atoms with Crippen molar-refractivity contribution in [2.24, 2.45) is 11.7 Å². The van der Waals surface area contributed by atoms with Crippen LogP contribution in [-0.2, 0) is 0 Å². The van der Waals surface area contributed by atoms with Crippen LogP contribution in [0.25, 0.3) is 0 Å². The second-order valence-electron chi connectivity index (χ2n) is 4.47. The highest BCUT2D eigenvalue weighted by molar-refractivity contribution is 5.30. The zero-order chi connectivity index (χ0) is 9.97. The minimum atomic E-state index is 0.813. The predicted octanol–water partition coefficient (Wildman–Crippen LogP) is 2.84. The van der Waals surface area contributed by atoms with Crippen LogP contribution in [0.4, 0.5) is 0 Å². The van der Waals surface area contributed by atoms with Gasteiger partial charge in [0.05, 0.1) is 0 Å². The van der Waals surface area contributed by atoms with E-state index < -0.39 is 0 Å². The van der Waals surface area contributed by atoms with E-state index in [9.17, 15) is 0 Å². The Morgan fingerprint density at radius 3 is 2.64 bits per heavy atom. The molecule has 14 heavy (non-hydrogen) atoms. The first-order chi connectivity index (χ1) is 6.81. The molecule has 1 aromatic rings. The van der Waals surface area contributed by atoms with E-state index in [0.717, 1.165) is 18.4 Å². The number of aryl methyl sites for hydroxylation is 1. The van der Waals surface area contributed by atoms with Crippen LogP contribution in [0.2, 0.25) is 0 Å². The summed E-state index contributed by atoms with van der Waals surface area (Å²) in [5.41, 5.74) is 8.56. The van der Waals surface area contributed by atoms with E-state index in [2.05, 4.69) is 31.2 Å². The van der Waals surface area contributed by atoms with Crippen LogP contribution in [-0.4, -0.2) is 6.54 Å². The molecular weight excluding hydrogens is 170 g/mol. The van der Waals surface area contributed by atoms with Gasteiger partial charge in [-0.05, 0) is 55.7 Å². The average molecular weight is 189 g/mol. The molecule has 0 bridgehead atoms. The van der Waals surface area contributed by atoms with Crippen molar-refractivity contribution in [1.82, 2.24) is 0 Å². The molecule has 0 amide bonds. The molecule has 2 rings (SSSR count). The van der Waals surface area contributed by atoms with Crippen LogP contribution in [0, 0.1) is 12.8 Å². The zero-order valence-corrected chi connectivity index (χ0v) is 8.87. The summed E-state index contributed by atoms with van der Waals surface area (Å²) < 4.78 is 0. The van der Waals surface area contributed by atoms with Crippen molar-refractivity contribution in [3.8, 4) is 0 Å². The minimum absolute atomic E-state index is 0.813. The summed E-state index contributed by atoms with van der Waals surface area (Å²) in [6.45, 7) is 3.07. The Labute approximate surface area is 86.3 Å². The van der Waals surface area contributed by atoms with Crippen molar-refractivity contribution < 1.29 is 0 Å². The maximum atomic E-state index is 5.55. The monoisotopic (exact) mass is 189 g/mol. The van der Waals surface area contributed by atoms with Crippen molar-refractivity contribution >= 4 is 0 Å². The number of rotatable bonds is 3. The second-order valence-corrected chi connectivity index (χ2v) is 4.47. The summed E-state index contributed by atoms with van der Waals surface area (Å²) in [6.07, 6.45) is 3.91. The third kappa shape index (κ3) is 1.83. The largest absolute Gasteiger partial charge is 0.330 e. The van der Waals surface area contributed by atoms with Gasteiger partial charge in [-0.2, -0.15) is 0 Å². The van der Waals surface area contributed by atoms with E-state index in [0.29, 0.717) is 0 Å². The number of nitrogens with two attached hydrogens (primary N) is 1. The lowest BCUT2D eigenvalue weighted by atomic mass is 9.69. The molecule has 1 saturated carbocycles. The summed E-state index contributed by atoms with van der Waals surface area (Å²) in [5, 5.41) is 0. The second kappa shape index (κ2) is 4.14. The summed E-state index contributed by atoms with van der Waals surface area (Å²) in [5.74, 6) is 1.71. The fraction of sp³-hybridized carbons (Fsp3) is 0.538. The molecule has 0 unspecified atom stereocenters. The fourth-order valence-corrected chi connectivity index (χ4v) is 2.51. The quantitative estimate of drug-likeness (QED) is 0.777. The maximum Gasteiger partial charge on any atom is -0.00746 e. The van der Waals surface area contributed by atoms with Crippen molar-refractivity contribution in [2.45, 2.75) is 32.1 Å². The Balaban J connectivity index is 1.96. The van der Waals surface area contributed by atoms with Crippen LogP contribution in [0.1, 0.15) is 36.3 Å². The Kier molecular flexibility index (Phi) is 2.87. The molecule has 1 fully saturated rings. The standard InChI is InChI=1S/C13H19N/c1-10-4-2-3-5-13(10)12-8-11(9-12)6-7-14/h2-5,11-12H,6-9,14H2,1H3. The highest BCUT2D eigenvalue weighted by Gasteiger charge is 2.29. The van der Waals surface area contributed by atoms with E-state index in [1.165, 1.54) is 24.8 Å². The average Bonchev–Trinajstić information content (AvgIpc) is 2.12. The SMILES string of the molecule is Cc1ccccc1C1CC(CCN)C1. The molecule has 0 heterocycles. The molecule has 0 atom stereocenters. The third-order valence-electron chi connectivity index (χ3n) is 3.44. The minimum Gasteiger partial charge on any atom is -0.330 e. The highest BCUT2D eigenvalue weighted by atomic mass is 14.5.